The van der Waals surface area contributed by atoms with Crippen LogP contribution in [0.5, 0.6) is 5.75 Å². The Labute approximate surface area is 84.9 Å². The van der Waals surface area contributed by atoms with Crippen LogP contribution in [0.25, 0.3) is 0 Å². The molecule has 0 aliphatic rings. The van der Waals surface area contributed by atoms with Crippen molar-refractivity contribution in [3.05, 3.63) is 29.3 Å². The van der Waals surface area contributed by atoms with Gasteiger partial charge in [-0.25, -0.2) is 0 Å². The molecule has 0 aliphatic heterocycles. The summed E-state index contributed by atoms with van der Waals surface area (Å²) in [7, 11) is 0. The van der Waals surface area contributed by atoms with Crippen molar-refractivity contribution in [1.29, 1.82) is 0 Å². The van der Waals surface area contributed by atoms with Crippen LogP contribution in [0.4, 0.5) is 0 Å². The summed E-state index contributed by atoms with van der Waals surface area (Å²) in [6.07, 6.45) is 0.536. The zero-order valence-electron chi connectivity index (χ0n) is 8.96. The molecule has 0 saturated heterocycles. The van der Waals surface area contributed by atoms with Gasteiger partial charge in [-0.3, -0.25) is 4.79 Å². The maximum atomic E-state index is 11.4. The molecule has 0 fully saturated rings. The lowest BCUT2D eigenvalue weighted by atomic mass is 10.1. The normalized spacial score (nSPS) is 9.93. The number of benzene rings is 1. The third-order valence-electron chi connectivity index (χ3n) is 2.13. The number of ether oxygens (including phenoxy) is 1. The summed E-state index contributed by atoms with van der Waals surface area (Å²) in [6.45, 7) is 6.41. The van der Waals surface area contributed by atoms with Crippen molar-refractivity contribution in [1.82, 2.24) is 0 Å². The summed E-state index contributed by atoms with van der Waals surface area (Å²) >= 11 is 0. The summed E-state index contributed by atoms with van der Waals surface area (Å²) in [5.74, 6) is 0.970. The molecule has 1 rings (SSSR count). The van der Waals surface area contributed by atoms with E-state index in [0.717, 1.165) is 16.9 Å². The Morgan fingerprint density at radius 2 is 2.07 bits per heavy atom. The first kappa shape index (κ1) is 10.8. The molecule has 14 heavy (non-hydrogen) atoms. The fourth-order valence-corrected chi connectivity index (χ4v) is 1.29. The van der Waals surface area contributed by atoms with Crippen LogP contribution >= 0.6 is 0 Å². The second-order valence-electron chi connectivity index (χ2n) is 3.19. The van der Waals surface area contributed by atoms with Crippen LogP contribution in [-0.4, -0.2) is 12.4 Å². The molecule has 0 spiro atoms. The Morgan fingerprint density at radius 1 is 1.36 bits per heavy atom. The number of hydrogen-bond donors (Lipinski definition) is 0. The molecule has 0 unspecified atom stereocenters. The van der Waals surface area contributed by atoms with Gasteiger partial charge in [0.2, 0.25) is 0 Å². The maximum absolute atomic E-state index is 11.4. The minimum absolute atomic E-state index is 0.158. The van der Waals surface area contributed by atoms with E-state index in [4.69, 9.17) is 4.74 Å². The molecule has 0 amide bonds. The number of aryl methyl sites for hydroxylation is 1. The van der Waals surface area contributed by atoms with Gasteiger partial charge in [-0.15, -0.1) is 0 Å². The van der Waals surface area contributed by atoms with E-state index in [-0.39, 0.29) is 5.78 Å². The Bertz CT molecular complexity index is 329. The number of carbonyl (C=O) groups is 1. The first-order valence-corrected chi connectivity index (χ1v) is 4.95. The second kappa shape index (κ2) is 4.80. The number of carbonyl (C=O) groups excluding carboxylic acids is 1. The molecule has 0 bridgehead atoms. The monoisotopic (exact) mass is 192 g/mol. The zero-order valence-corrected chi connectivity index (χ0v) is 8.96. The minimum atomic E-state index is 0.158. The Hall–Kier alpha value is -1.31. The summed E-state index contributed by atoms with van der Waals surface area (Å²) in [5, 5.41) is 0. The van der Waals surface area contributed by atoms with Crippen molar-refractivity contribution in [2.24, 2.45) is 0 Å². The highest BCUT2D eigenvalue weighted by Crippen LogP contribution is 2.20. The van der Waals surface area contributed by atoms with Crippen LogP contribution in [0, 0.1) is 6.92 Å². The first-order valence-electron chi connectivity index (χ1n) is 4.95. The Balaban J connectivity index is 2.99. The maximum Gasteiger partial charge on any atom is 0.162 e. The highest BCUT2D eigenvalue weighted by atomic mass is 16.5. The van der Waals surface area contributed by atoms with Gasteiger partial charge in [0.25, 0.3) is 0 Å². The van der Waals surface area contributed by atoms with Crippen LogP contribution in [0.2, 0.25) is 0 Å². The summed E-state index contributed by atoms with van der Waals surface area (Å²) in [6, 6.07) is 5.60. The van der Waals surface area contributed by atoms with E-state index in [1.165, 1.54) is 0 Å². The van der Waals surface area contributed by atoms with E-state index in [9.17, 15) is 4.79 Å². The lowest BCUT2D eigenvalue weighted by Crippen LogP contribution is -2.00. The first-order chi connectivity index (χ1) is 6.69. The van der Waals surface area contributed by atoms with E-state index < -0.39 is 0 Å². The smallest absolute Gasteiger partial charge is 0.162 e. The molecule has 0 atom stereocenters. The van der Waals surface area contributed by atoms with Crippen LogP contribution in [-0.2, 0) is 0 Å². The van der Waals surface area contributed by atoms with Gasteiger partial charge in [0.05, 0.1) is 6.61 Å². The van der Waals surface area contributed by atoms with E-state index in [2.05, 4.69) is 0 Å². The topological polar surface area (TPSA) is 26.3 Å². The molecule has 76 valence electrons. The van der Waals surface area contributed by atoms with E-state index in [0.29, 0.717) is 13.0 Å². The van der Waals surface area contributed by atoms with Crippen LogP contribution in [0.3, 0.4) is 0 Å². The Morgan fingerprint density at radius 3 is 2.64 bits per heavy atom. The SMILES string of the molecule is CCOc1cc(C(=O)CC)ccc1C. The molecule has 0 radical (unpaired) electrons. The molecule has 1 aromatic rings. The summed E-state index contributed by atoms with van der Waals surface area (Å²) in [5.41, 5.74) is 1.81. The average molecular weight is 192 g/mol. The zero-order chi connectivity index (χ0) is 10.6. The highest BCUT2D eigenvalue weighted by Gasteiger charge is 2.06. The molecular weight excluding hydrogens is 176 g/mol. The van der Waals surface area contributed by atoms with Gasteiger partial charge in [0.15, 0.2) is 5.78 Å². The van der Waals surface area contributed by atoms with E-state index in [1.807, 2.05) is 39.0 Å². The number of hydrogen-bond acceptors (Lipinski definition) is 2. The summed E-state index contributed by atoms with van der Waals surface area (Å²) < 4.78 is 5.42. The second-order valence-corrected chi connectivity index (χ2v) is 3.19. The minimum Gasteiger partial charge on any atom is -0.494 e. The van der Waals surface area contributed by atoms with Crippen molar-refractivity contribution in [3.8, 4) is 5.75 Å². The lowest BCUT2D eigenvalue weighted by molar-refractivity contribution is 0.0987. The van der Waals surface area contributed by atoms with Crippen molar-refractivity contribution in [2.75, 3.05) is 6.61 Å². The average Bonchev–Trinajstić information content (AvgIpc) is 2.20. The van der Waals surface area contributed by atoms with Gasteiger partial charge < -0.3 is 4.74 Å². The molecule has 0 aliphatic carbocycles. The molecule has 1 aromatic carbocycles. The van der Waals surface area contributed by atoms with Gasteiger partial charge >= 0.3 is 0 Å². The largest absolute Gasteiger partial charge is 0.494 e. The van der Waals surface area contributed by atoms with Gasteiger partial charge in [-0.2, -0.15) is 0 Å². The highest BCUT2D eigenvalue weighted by molar-refractivity contribution is 5.96. The van der Waals surface area contributed by atoms with Crippen LogP contribution in [0.1, 0.15) is 36.2 Å². The summed E-state index contributed by atoms with van der Waals surface area (Å²) in [4.78, 5) is 11.4. The van der Waals surface area contributed by atoms with Crippen molar-refractivity contribution >= 4 is 5.78 Å². The molecule has 0 heterocycles. The molecular formula is C12H16O2. The van der Waals surface area contributed by atoms with Gasteiger partial charge in [-0.05, 0) is 25.5 Å². The molecule has 0 aromatic heterocycles. The van der Waals surface area contributed by atoms with Gasteiger partial charge in [-0.1, -0.05) is 19.1 Å². The number of Topliss-reactive ketones (excluding diaryl/α,β-unsaturated/α-hetero) is 1. The lowest BCUT2D eigenvalue weighted by Gasteiger charge is -2.08. The number of rotatable bonds is 4. The van der Waals surface area contributed by atoms with E-state index >= 15 is 0 Å². The van der Waals surface area contributed by atoms with Gasteiger partial charge in [0, 0.05) is 12.0 Å². The predicted octanol–water partition coefficient (Wildman–Crippen LogP) is 2.99. The third kappa shape index (κ3) is 2.34. The Kier molecular flexibility index (Phi) is 3.69. The molecule has 0 saturated carbocycles. The fourth-order valence-electron chi connectivity index (χ4n) is 1.29. The van der Waals surface area contributed by atoms with E-state index in [1.54, 1.807) is 0 Å². The predicted molar refractivity (Wildman–Crippen MR) is 57.0 cm³/mol. The van der Waals surface area contributed by atoms with Crippen molar-refractivity contribution in [2.45, 2.75) is 27.2 Å². The molecule has 2 nitrogen and oxygen atoms in total. The van der Waals surface area contributed by atoms with Crippen molar-refractivity contribution in [3.63, 3.8) is 0 Å². The van der Waals surface area contributed by atoms with Crippen LogP contribution < -0.4 is 4.74 Å². The molecule has 2 heteroatoms. The van der Waals surface area contributed by atoms with Crippen molar-refractivity contribution < 1.29 is 9.53 Å². The standard InChI is InChI=1S/C12H16O2/c1-4-11(13)10-7-6-9(3)12(8-10)14-5-2/h6-8H,4-5H2,1-3H3. The third-order valence-corrected chi connectivity index (χ3v) is 2.13. The molecule has 0 N–H and O–H groups in total. The van der Waals surface area contributed by atoms with Crippen LogP contribution in [0.15, 0.2) is 18.2 Å². The van der Waals surface area contributed by atoms with Gasteiger partial charge in [0.1, 0.15) is 5.75 Å². The fraction of sp³-hybridized carbons (Fsp3) is 0.417. The number of ketones is 1. The quantitative estimate of drug-likeness (QED) is 0.685.